The van der Waals surface area contributed by atoms with Crippen LogP contribution in [0.2, 0.25) is 0 Å². The Bertz CT molecular complexity index is 1710. The van der Waals surface area contributed by atoms with Crippen LogP contribution in [0.4, 0.5) is 0 Å². The molecule has 2 spiro atoms. The second-order valence-corrected chi connectivity index (χ2v) is 20.7. The van der Waals surface area contributed by atoms with Gasteiger partial charge in [-0.3, -0.25) is 9.59 Å². The summed E-state index contributed by atoms with van der Waals surface area (Å²) in [5, 5.41) is 37.7. The van der Waals surface area contributed by atoms with E-state index in [0.29, 0.717) is 51.5 Å². The third-order valence-corrected chi connectivity index (χ3v) is 16.6. The fraction of sp³-hybridized carbons (Fsp3) is 0.796. The predicted molar refractivity (Wildman–Crippen MR) is 237 cm³/mol. The maximum absolute atomic E-state index is 14.7. The Morgan fingerprint density at radius 1 is 0.918 bits per heavy atom. The van der Waals surface area contributed by atoms with Crippen LogP contribution in [0.15, 0.2) is 40.9 Å². The maximum Gasteiger partial charge on any atom is 0.225 e. The smallest absolute Gasteiger partial charge is 0.225 e. The number of nitrogens with one attached hydrogen (secondary N) is 1. The predicted octanol–water partition coefficient (Wildman–Crippen LogP) is 8.18. The van der Waals surface area contributed by atoms with E-state index in [-0.39, 0.29) is 65.7 Å². The molecule has 0 aliphatic carbocycles. The van der Waals surface area contributed by atoms with Crippen LogP contribution in [0.3, 0.4) is 0 Å². The van der Waals surface area contributed by atoms with Crippen LogP contribution >= 0.6 is 15.9 Å². The number of carbonyl (C=O) groups is 2. The van der Waals surface area contributed by atoms with E-state index in [4.69, 9.17) is 23.7 Å². The highest BCUT2D eigenvalue weighted by atomic mass is 79.9. The van der Waals surface area contributed by atoms with Gasteiger partial charge in [-0.25, -0.2) is 0 Å². The van der Waals surface area contributed by atoms with Crippen molar-refractivity contribution in [1.29, 1.82) is 0 Å². The van der Waals surface area contributed by atoms with Crippen LogP contribution in [0.5, 0.6) is 0 Å². The molecule has 1 amide bonds. The monoisotopic (exact) mass is 917 g/mol. The summed E-state index contributed by atoms with van der Waals surface area (Å²) in [4.78, 5) is 28.2. The van der Waals surface area contributed by atoms with Gasteiger partial charge in [0.25, 0.3) is 0 Å². The second kappa shape index (κ2) is 19.4. The molecule has 4 N–H and O–H groups in total. The van der Waals surface area contributed by atoms with Gasteiger partial charge in [-0.05, 0) is 107 Å². The molecule has 344 valence electrons. The number of hydrogen-bond acceptors (Lipinski definition) is 10. The summed E-state index contributed by atoms with van der Waals surface area (Å²) >= 11 is 3.57. The Hall–Kier alpha value is -1.74. The standard InChI is InChI=1S/C49H76BrNO10/c1-11-35(45(55)51-27-34-16-14-15-17-37(34)50)38-19-18-28(4)43(58-38)32(8)41(53)31(7)42(54)36(12-2)44-29(5)26-30(6)48(59-44)23-20-39(52)49(61-48)25-24-46(10,60-49)40-21-22-47(56,13-3)33(9)57-40/h14-17,20,23,28-33,35-36,38-41,43-44,52-53,56H,11-13,18-19,21-22,24-27H2,1-10H3,(H,51,55)/t28-,29-,30+,31-,32-,33-,35+,36-,38+,39+,40+,41+,43+,44-,46-,47+,48+,49+/m0/s1. The Labute approximate surface area is 373 Å². The van der Waals surface area contributed by atoms with E-state index in [1.807, 2.05) is 78.8 Å². The molecule has 12 heteroatoms. The highest BCUT2D eigenvalue weighted by Crippen LogP contribution is 2.54. The molecular weight excluding hydrogens is 842 g/mol. The summed E-state index contributed by atoms with van der Waals surface area (Å²) in [6.07, 6.45) is 6.08. The molecule has 5 heterocycles. The lowest BCUT2D eigenvalue weighted by Crippen LogP contribution is -2.63. The first-order chi connectivity index (χ1) is 28.8. The minimum Gasteiger partial charge on any atom is -0.392 e. The van der Waals surface area contributed by atoms with E-state index in [0.717, 1.165) is 29.3 Å². The minimum absolute atomic E-state index is 0.0166. The van der Waals surface area contributed by atoms with Gasteiger partial charge in [0.2, 0.25) is 11.7 Å². The minimum atomic E-state index is -1.37. The van der Waals surface area contributed by atoms with Crippen molar-refractivity contribution in [3.05, 3.63) is 46.5 Å². The quantitative estimate of drug-likeness (QED) is 0.135. The summed E-state index contributed by atoms with van der Waals surface area (Å²) in [5.41, 5.74) is -0.630. The third-order valence-electron chi connectivity index (χ3n) is 15.9. The summed E-state index contributed by atoms with van der Waals surface area (Å²) in [5.74, 6) is -4.59. The molecule has 5 aliphatic heterocycles. The zero-order valence-electron chi connectivity index (χ0n) is 38.4. The number of aliphatic hydroxyl groups is 3. The summed E-state index contributed by atoms with van der Waals surface area (Å²) in [6, 6.07) is 7.85. The SMILES string of the molecule is CC[C@@H](C(=O)[C@@H](C)[C@@H](O)[C@H](C)[C@@H]1O[C@@H]([C@@H](CC)C(=O)NCc2ccccc2Br)CC[C@@H]1C)[C@H]1O[C@@]2(C=C[C@@H](O)[C@@]3(CC[C@@](C)([C@H]4CC[C@](O)(CC)[C@H](C)O4)O3)O2)[C@H](C)C[C@@H]1C. The van der Waals surface area contributed by atoms with Gasteiger partial charge < -0.3 is 44.3 Å². The van der Waals surface area contributed by atoms with Crippen LogP contribution in [0.25, 0.3) is 0 Å². The molecule has 0 bridgehead atoms. The maximum atomic E-state index is 14.7. The number of ether oxygens (including phenoxy) is 5. The molecule has 18 atom stereocenters. The third kappa shape index (κ3) is 9.65. The molecule has 61 heavy (non-hydrogen) atoms. The largest absolute Gasteiger partial charge is 0.392 e. The first-order valence-corrected chi connectivity index (χ1v) is 24.3. The molecule has 0 aromatic heterocycles. The Kier molecular flexibility index (Phi) is 15.5. The van der Waals surface area contributed by atoms with Gasteiger partial charge in [-0.2, -0.15) is 0 Å². The van der Waals surface area contributed by atoms with Crippen LogP contribution in [0.1, 0.15) is 139 Å². The molecule has 0 radical (unpaired) electrons. The molecule has 5 aliphatic rings. The average Bonchev–Trinajstić information content (AvgIpc) is 3.59. The first-order valence-electron chi connectivity index (χ1n) is 23.5. The number of amides is 1. The topological polar surface area (TPSA) is 153 Å². The first kappa shape index (κ1) is 48.7. The van der Waals surface area contributed by atoms with Crippen molar-refractivity contribution in [2.45, 2.75) is 205 Å². The van der Waals surface area contributed by atoms with Crippen LogP contribution in [0, 0.1) is 41.4 Å². The summed E-state index contributed by atoms with van der Waals surface area (Å²) < 4.78 is 35.0. The number of Topliss-reactive ketones (excluding diaryl/α,β-unsaturated/α-hetero) is 1. The highest BCUT2D eigenvalue weighted by molar-refractivity contribution is 9.10. The molecule has 0 saturated carbocycles. The van der Waals surface area contributed by atoms with Crippen molar-refractivity contribution in [3.8, 4) is 0 Å². The molecular formula is C49H76BrNO10. The summed E-state index contributed by atoms with van der Waals surface area (Å²) in [6.45, 7) is 20.4. The van der Waals surface area contributed by atoms with Gasteiger partial charge in [0.1, 0.15) is 11.9 Å². The number of halogens is 1. The van der Waals surface area contributed by atoms with E-state index in [1.54, 1.807) is 6.08 Å². The van der Waals surface area contributed by atoms with Gasteiger partial charge in [0, 0.05) is 41.1 Å². The number of aliphatic hydroxyl groups excluding tert-OH is 2. The number of ketones is 1. The lowest BCUT2D eigenvalue weighted by Gasteiger charge is -2.54. The van der Waals surface area contributed by atoms with Crippen LogP contribution < -0.4 is 5.32 Å². The van der Waals surface area contributed by atoms with Crippen molar-refractivity contribution >= 4 is 27.6 Å². The van der Waals surface area contributed by atoms with Gasteiger partial charge in [-0.1, -0.05) is 89.5 Å². The van der Waals surface area contributed by atoms with Crippen molar-refractivity contribution in [2.24, 2.45) is 41.4 Å². The molecule has 1 aromatic carbocycles. The van der Waals surface area contributed by atoms with Gasteiger partial charge >= 0.3 is 0 Å². The van der Waals surface area contributed by atoms with E-state index in [9.17, 15) is 24.9 Å². The number of benzene rings is 1. The van der Waals surface area contributed by atoms with E-state index in [2.05, 4.69) is 42.0 Å². The van der Waals surface area contributed by atoms with E-state index in [1.165, 1.54) is 0 Å². The molecule has 1 aromatic rings. The fourth-order valence-electron chi connectivity index (χ4n) is 11.5. The van der Waals surface area contributed by atoms with Crippen LogP contribution in [-0.2, 0) is 39.8 Å². The van der Waals surface area contributed by atoms with Crippen molar-refractivity contribution in [3.63, 3.8) is 0 Å². The van der Waals surface area contributed by atoms with Crippen molar-refractivity contribution in [1.82, 2.24) is 5.32 Å². The number of hydrogen-bond donors (Lipinski definition) is 4. The number of carbonyl (C=O) groups excluding carboxylic acids is 2. The zero-order valence-corrected chi connectivity index (χ0v) is 40.0. The lowest BCUT2D eigenvalue weighted by atomic mass is 9.72. The van der Waals surface area contributed by atoms with E-state index < -0.39 is 52.9 Å². The molecule has 0 unspecified atom stereocenters. The van der Waals surface area contributed by atoms with Crippen molar-refractivity contribution < 1.29 is 48.6 Å². The number of rotatable bonds is 14. The van der Waals surface area contributed by atoms with E-state index >= 15 is 0 Å². The molecule has 11 nitrogen and oxygen atoms in total. The normalized spacial score (nSPS) is 41.6. The highest BCUT2D eigenvalue weighted by Gasteiger charge is 2.63. The van der Waals surface area contributed by atoms with Gasteiger partial charge in [-0.15, -0.1) is 0 Å². The average molecular weight is 919 g/mol. The lowest BCUT2D eigenvalue weighted by molar-refractivity contribution is -0.409. The Balaban J connectivity index is 1.12. The fourth-order valence-corrected chi connectivity index (χ4v) is 11.9. The molecule has 4 saturated heterocycles. The molecule has 6 rings (SSSR count). The van der Waals surface area contributed by atoms with Gasteiger partial charge in [0.05, 0.1) is 53.7 Å². The second-order valence-electron chi connectivity index (χ2n) is 19.9. The Morgan fingerprint density at radius 2 is 1.62 bits per heavy atom. The molecule has 4 fully saturated rings. The van der Waals surface area contributed by atoms with Crippen molar-refractivity contribution in [2.75, 3.05) is 0 Å². The van der Waals surface area contributed by atoms with Crippen LogP contribution in [-0.4, -0.2) is 92.5 Å². The zero-order chi connectivity index (χ0) is 44.7. The Morgan fingerprint density at radius 3 is 2.28 bits per heavy atom. The van der Waals surface area contributed by atoms with Gasteiger partial charge in [0.15, 0.2) is 5.79 Å². The summed E-state index contributed by atoms with van der Waals surface area (Å²) in [7, 11) is 0.